The molecule has 0 saturated carbocycles. The topological polar surface area (TPSA) is 40.6 Å². The summed E-state index contributed by atoms with van der Waals surface area (Å²) in [6, 6.07) is 10.1. The van der Waals surface area contributed by atoms with Crippen LogP contribution < -0.4 is 4.90 Å². The van der Waals surface area contributed by atoms with Crippen LogP contribution >= 0.6 is 11.3 Å². The Morgan fingerprint density at radius 2 is 1.69 bits per heavy atom. The quantitative estimate of drug-likeness (QED) is 0.643. The van der Waals surface area contributed by atoms with Gasteiger partial charge < -0.3 is 9.80 Å². The normalized spacial score (nSPS) is 10.7. The van der Waals surface area contributed by atoms with Crippen molar-refractivity contribution in [1.29, 1.82) is 0 Å². The average molecular weight is 373 g/mol. The number of hydrogen-bond acceptors (Lipinski definition) is 4. The molecular formula is C21H28N2O2S. The number of nitrogens with zero attached hydrogens (tertiary/aromatic N) is 2. The first-order valence-electron chi connectivity index (χ1n) is 8.96. The molecule has 0 radical (unpaired) electrons. The SMILES string of the molecule is CCN(Cc1ccc(N(C)C)cc1)C(=O)CCC(=O)c1cc(C)sc1C. The Balaban J connectivity index is 1.93. The second kappa shape index (κ2) is 8.99. The minimum atomic E-state index is 0.0298. The van der Waals surface area contributed by atoms with E-state index in [4.69, 9.17) is 0 Å². The number of carbonyl (C=O) groups excluding carboxylic acids is 2. The number of anilines is 1. The van der Waals surface area contributed by atoms with Gasteiger partial charge in [0.05, 0.1) is 0 Å². The number of aryl methyl sites for hydroxylation is 2. The maximum absolute atomic E-state index is 12.5. The summed E-state index contributed by atoms with van der Waals surface area (Å²) in [5, 5.41) is 0. The Labute approximate surface area is 160 Å². The Morgan fingerprint density at radius 1 is 1.04 bits per heavy atom. The van der Waals surface area contributed by atoms with E-state index in [0.29, 0.717) is 13.1 Å². The van der Waals surface area contributed by atoms with E-state index in [1.807, 2.05) is 62.9 Å². The number of Topliss-reactive ketones (excluding diaryl/α,β-unsaturated/α-hetero) is 1. The van der Waals surface area contributed by atoms with Crippen molar-refractivity contribution >= 4 is 28.7 Å². The molecule has 1 aromatic carbocycles. The third kappa shape index (κ3) is 5.18. The molecule has 1 heterocycles. The van der Waals surface area contributed by atoms with Crippen LogP contribution in [0.15, 0.2) is 30.3 Å². The molecule has 0 atom stereocenters. The van der Waals surface area contributed by atoms with Crippen LogP contribution in [0, 0.1) is 13.8 Å². The van der Waals surface area contributed by atoms with Crippen molar-refractivity contribution in [3.05, 3.63) is 51.2 Å². The summed E-state index contributed by atoms with van der Waals surface area (Å²) in [6.07, 6.45) is 0.530. The van der Waals surface area contributed by atoms with E-state index < -0.39 is 0 Å². The fraction of sp³-hybridized carbons (Fsp3) is 0.429. The van der Waals surface area contributed by atoms with Gasteiger partial charge in [-0.3, -0.25) is 9.59 Å². The van der Waals surface area contributed by atoms with E-state index in [9.17, 15) is 9.59 Å². The average Bonchev–Trinajstić information content (AvgIpc) is 2.96. The van der Waals surface area contributed by atoms with Crippen LogP contribution in [-0.2, 0) is 11.3 Å². The highest BCUT2D eigenvalue weighted by molar-refractivity contribution is 7.12. The summed E-state index contributed by atoms with van der Waals surface area (Å²) in [7, 11) is 4.01. The number of thiophene rings is 1. The number of amides is 1. The predicted molar refractivity (Wildman–Crippen MR) is 109 cm³/mol. The van der Waals surface area contributed by atoms with Gasteiger partial charge in [-0.1, -0.05) is 12.1 Å². The fourth-order valence-corrected chi connectivity index (χ4v) is 3.86. The fourth-order valence-electron chi connectivity index (χ4n) is 2.92. The highest BCUT2D eigenvalue weighted by Crippen LogP contribution is 2.22. The number of carbonyl (C=O) groups is 2. The van der Waals surface area contributed by atoms with Gasteiger partial charge in [-0.15, -0.1) is 11.3 Å². The van der Waals surface area contributed by atoms with Gasteiger partial charge in [0.1, 0.15) is 0 Å². The second-order valence-electron chi connectivity index (χ2n) is 6.72. The van der Waals surface area contributed by atoms with E-state index in [1.165, 1.54) is 0 Å². The maximum Gasteiger partial charge on any atom is 0.223 e. The second-order valence-corrected chi connectivity index (χ2v) is 8.18. The lowest BCUT2D eigenvalue weighted by Gasteiger charge is -2.21. The van der Waals surface area contributed by atoms with Crippen molar-refractivity contribution in [2.75, 3.05) is 25.5 Å². The van der Waals surface area contributed by atoms with Gasteiger partial charge in [0.25, 0.3) is 0 Å². The van der Waals surface area contributed by atoms with E-state index in [2.05, 4.69) is 12.1 Å². The third-order valence-electron chi connectivity index (χ3n) is 4.47. The molecule has 0 spiro atoms. The summed E-state index contributed by atoms with van der Waals surface area (Å²) >= 11 is 1.63. The van der Waals surface area contributed by atoms with Crippen LogP contribution in [-0.4, -0.2) is 37.2 Å². The van der Waals surface area contributed by atoms with Gasteiger partial charge in [-0.05, 0) is 44.5 Å². The molecule has 2 rings (SSSR count). The maximum atomic E-state index is 12.5. The molecule has 2 aromatic rings. The van der Waals surface area contributed by atoms with Crippen LogP contribution in [0.4, 0.5) is 5.69 Å². The lowest BCUT2D eigenvalue weighted by molar-refractivity contribution is -0.131. The van der Waals surface area contributed by atoms with Crippen molar-refractivity contribution in [3.63, 3.8) is 0 Å². The predicted octanol–water partition coefficient (Wildman–Crippen LogP) is 4.44. The molecule has 0 saturated heterocycles. The largest absolute Gasteiger partial charge is 0.378 e. The summed E-state index contributed by atoms with van der Waals surface area (Å²) < 4.78 is 0. The van der Waals surface area contributed by atoms with Crippen molar-refractivity contribution in [3.8, 4) is 0 Å². The Kier molecular flexibility index (Phi) is 6.98. The lowest BCUT2D eigenvalue weighted by Crippen LogP contribution is -2.30. The van der Waals surface area contributed by atoms with E-state index in [0.717, 1.165) is 26.6 Å². The van der Waals surface area contributed by atoms with E-state index >= 15 is 0 Å². The molecule has 0 unspecified atom stereocenters. The van der Waals surface area contributed by atoms with Gasteiger partial charge in [-0.2, -0.15) is 0 Å². The van der Waals surface area contributed by atoms with Gasteiger partial charge in [-0.25, -0.2) is 0 Å². The van der Waals surface area contributed by atoms with Crippen LogP contribution in [0.3, 0.4) is 0 Å². The Hall–Kier alpha value is -2.14. The van der Waals surface area contributed by atoms with Crippen LogP contribution in [0.1, 0.15) is 45.4 Å². The zero-order valence-electron chi connectivity index (χ0n) is 16.3. The van der Waals surface area contributed by atoms with Crippen LogP contribution in [0.5, 0.6) is 0 Å². The molecule has 0 fully saturated rings. The Morgan fingerprint density at radius 3 is 2.19 bits per heavy atom. The molecule has 0 aliphatic carbocycles. The van der Waals surface area contributed by atoms with Crippen molar-refractivity contribution in [1.82, 2.24) is 4.90 Å². The first-order chi connectivity index (χ1) is 12.3. The first-order valence-corrected chi connectivity index (χ1v) is 9.77. The molecule has 26 heavy (non-hydrogen) atoms. The van der Waals surface area contributed by atoms with Crippen LogP contribution in [0.25, 0.3) is 0 Å². The molecule has 0 aliphatic rings. The first kappa shape index (κ1) is 20.2. The Bertz CT molecular complexity index is 763. The molecule has 1 aromatic heterocycles. The van der Waals surface area contributed by atoms with Gasteiger partial charge in [0.2, 0.25) is 5.91 Å². The summed E-state index contributed by atoms with van der Waals surface area (Å²) in [6.45, 7) is 7.15. The number of benzene rings is 1. The molecule has 4 nitrogen and oxygen atoms in total. The molecular weight excluding hydrogens is 344 g/mol. The van der Waals surface area contributed by atoms with Crippen LogP contribution in [0.2, 0.25) is 0 Å². The van der Waals surface area contributed by atoms with E-state index in [1.54, 1.807) is 11.3 Å². The zero-order chi connectivity index (χ0) is 19.3. The summed E-state index contributed by atoms with van der Waals surface area (Å²) in [5.74, 6) is 0.0914. The molecule has 0 N–H and O–H groups in total. The molecule has 0 bridgehead atoms. The van der Waals surface area contributed by atoms with Crippen molar-refractivity contribution < 1.29 is 9.59 Å². The summed E-state index contributed by atoms with van der Waals surface area (Å²) in [4.78, 5) is 31.0. The number of ketones is 1. The molecule has 0 aliphatic heterocycles. The van der Waals surface area contributed by atoms with Crippen molar-refractivity contribution in [2.24, 2.45) is 0 Å². The minimum Gasteiger partial charge on any atom is -0.378 e. The van der Waals surface area contributed by atoms with Crippen molar-refractivity contribution in [2.45, 2.75) is 40.2 Å². The van der Waals surface area contributed by atoms with E-state index in [-0.39, 0.29) is 24.5 Å². The standard InChI is InChI=1S/C21H28N2O2S/c1-6-23(14-17-7-9-18(10-8-17)22(4)5)21(25)12-11-20(24)19-13-15(2)26-16(19)3/h7-10,13H,6,11-12,14H2,1-5H3. The molecule has 1 amide bonds. The highest BCUT2D eigenvalue weighted by Gasteiger charge is 2.17. The monoisotopic (exact) mass is 372 g/mol. The number of rotatable bonds is 8. The van der Waals surface area contributed by atoms with Gasteiger partial charge in [0, 0.05) is 61.0 Å². The third-order valence-corrected chi connectivity index (χ3v) is 5.43. The smallest absolute Gasteiger partial charge is 0.223 e. The zero-order valence-corrected chi connectivity index (χ0v) is 17.2. The highest BCUT2D eigenvalue weighted by atomic mass is 32.1. The van der Waals surface area contributed by atoms with Gasteiger partial charge in [0.15, 0.2) is 5.78 Å². The molecule has 5 heteroatoms. The minimum absolute atomic E-state index is 0.0298. The number of hydrogen-bond donors (Lipinski definition) is 0. The molecule has 140 valence electrons. The lowest BCUT2D eigenvalue weighted by atomic mass is 10.1. The van der Waals surface area contributed by atoms with Gasteiger partial charge >= 0.3 is 0 Å². The summed E-state index contributed by atoms with van der Waals surface area (Å²) in [5.41, 5.74) is 3.00.